The molecule has 0 atom stereocenters. The van der Waals surface area contributed by atoms with Gasteiger partial charge in [-0.05, 0) is 19.9 Å². The molecule has 104 valence electrons. The molecule has 5 heteroatoms. The van der Waals surface area contributed by atoms with Gasteiger partial charge in [0.05, 0.1) is 23.4 Å². The Balaban J connectivity index is 1.74. The van der Waals surface area contributed by atoms with Crippen LogP contribution in [0.2, 0.25) is 0 Å². The highest BCUT2D eigenvalue weighted by Gasteiger charge is 2.09. The van der Waals surface area contributed by atoms with Crippen molar-refractivity contribution in [1.29, 1.82) is 0 Å². The van der Waals surface area contributed by atoms with Crippen molar-refractivity contribution in [3.05, 3.63) is 47.5 Å². The largest absolute Gasteiger partial charge is 0.360 e. The number of para-hydroxylation sites is 1. The van der Waals surface area contributed by atoms with E-state index in [9.17, 15) is 0 Å². The van der Waals surface area contributed by atoms with Gasteiger partial charge < -0.3 is 9.84 Å². The van der Waals surface area contributed by atoms with E-state index < -0.39 is 0 Å². The minimum Gasteiger partial charge on any atom is -0.360 e. The predicted molar refractivity (Wildman–Crippen MR) is 77.2 cm³/mol. The maximum Gasteiger partial charge on any atom is 0.150 e. The highest BCUT2D eigenvalue weighted by Crippen LogP contribution is 2.18. The van der Waals surface area contributed by atoms with Crippen molar-refractivity contribution in [1.82, 2.24) is 20.3 Å². The molecule has 0 unspecified atom stereocenters. The van der Waals surface area contributed by atoms with Crippen LogP contribution in [0.1, 0.15) is 24.1 Å². The molecule has 5 nitrogen and oxygen atoms in total. The van der Waals surface area contributed by atoms with E-state index in [1.807, 2.05) is 29.8 Å². The van der Waals surface area contributed by atoms with Crippen LogP contribution in [-0.2, 0) is 19.6 Å². The molecule has 0 saturated heterocycles. The number of benzene rings is 1. The average molecular weight is 270 g/mol. The number of aryl methyl sites for hydroxylation is 2. The van der Waals surface area contributed by atoms with E-state index in [1.165, 1.54) is 10.9 Å². The second kappa shape index (κ2) is 5.46. The van der Waals surface area contributed by atoms with Gasteiger partial charge in [-0.25, -0.2) is 0 Å². The first-order valence-electron chi connectivity index (χ1n) is 6.85. The van der Waals surface area contributed by atoms with Gasteiger partial charge in [-0.3, -0.25) is 4.68 Å². The van der Waals surface area contributed by atoms with Crippen LogP contribution >= 0.6 is 0 Å². The predicted octanol–water partition coefficient (Wildman–Crippen LogP) is 2.64. The topological polar surface area (TPSA) is 55.9 Å². The van der Waals surface area contributed by atoms with E-state index in [0.29, 0.717) is 13.1 Å². The van der Waals surface area contributed by atoms with Crippen molar-refractivity contribution in [3.63, 3.8) is 0 Å². The van der Waals surface area contributed by atoms with Gasteiger partial charge in [0.1, 0.15) is 0 Å². The molecule has 3 aromatic rings. The Morgan fingerprint density at radius 2 is 2.10 bits per heavy atom. The van der Waals surface area contributed by atoms with Crippen LogP contribution in [0.5, 0.6) is 0 Å². The molecular formula is C15H18N4O. The summed E-state index contributed by atoms with van der Waals surface area (Å²) in [6.45, 7) is 6.28. The molecule has 0 aliphatic carbocycles. The van der Waals surface area contributed by atoms with Gasteiger partial charge in [0.25, 0.3) is 0 Å². The molecule has 0 saturated carbocycles. The standard InChI is InChI=1S/C15H18N4O/c1-3-19-15-7-5-4-6-13(15)14(17-19)10-16-9-12-8-11(2)18-20-12/h4-8,16H,3,9-10H2,1-2H3. The SMILES string of the molecule is CCn1nc(CNCc2cc(C)no2)c2ccccc21. The summed E-state index contributed by atoms with van der Waals surface area (Å²) in [4.78, 5) is 0. The van der Waals surface area contributed by atoms with Gasteiger partial charge in [0.2, 0.25) is 0 Å². The molecule has 0 bridgehead atoms. The zero-order chi connectivity index (χ0) is 13.9. The van der Waals surface area contributed by atoms with E-state index >= 15 is 0 Å². The molecule has 2 heterocycles. The molecule has 0 fully saturated rings. The van der Waals surface area contributed by atoms with E-state index in [4.69, 9.17) is 4.52 Å². The summed E-state index contributed by atoms with van der Waals surface area (Å²) in [5.41, 5.74) is 3.16. The van der Waals surface area contributed by atoms with Crippen LogP contribution in [0.4, 0.5) is 0 Å². The molecule has 0 aliphatic rings. The van der Waals surface area contributed by atoms with Crippen molar-refractivity contribution in [2.45, 2.75) is 33.5 Å². The van der Waals surface area contributed by atoms with Crippen LogP contribution < -0.4 is 5.32 Å². The highest BCUT2D eigenvalue weighted by molar-refractivity contribution is 5.81. The Bertz CT molecular complexity index is 714. The van der Waals surface area contributed by atoms with Gasteiger partial charge >= 0.3 is 0 Å². The van der Waals surface area contributed by atoms with Gasteiger partial charge in [0, 0.05) is 24.5 Å². The summed E-state index contributed by atoms with van der Waals surface area (Å²) in [6.07, 6.45) is 0. The van der Waals surface area contributed by atoms with Crippen LogP contribution in [-0.4, -0.2) is 14.9 Å². The molecule has 0 spiro atoms. The number of rotatable bonds is 5. The smallest absolute Gasteiger partial charge is 0.150 e. The van der Waals surface area contributed by atoms with E-state index in [-0.39, 0.29) is 0 Å². The van der Waals surface area contributed by atoms with Crippen molar-refractivity contribution in [2.24, 2.45) is 0 Å². The summed E-state index contributed by atoms with van der Waals surface area (Å²) in [5, 5.41) is 13.1. The van der Waals surface area contributed by atoms with Crippen molar-refractivity contribution in [2.75, 3.05) is 0 Å². The fourth-order valence-corrected chi connectivity index (χ4v) is 2.37. The molecule has 1 aromatic carbocycles. The van der Waals surface area contributed by atoms with E-state index in [1.54, 1.807) is 0 Å². The van der Waals surface area contributed by atoms with Crippen LogP contribution in [0.25, 0.3) is 10.9 Å². The maximum atomic E-state index is 5.18. The Hall–Kier alpha value is -2.14. The van der Waals surface area contributed by atoms with Crippen LogP contribution in [0.15, 0.2) is 34.9 Å². The zero-order valence-electron chi connectivity index (χ0n) is 11.8. The molecule has 20 heavy (non-hydrogen) atoms. The summed E-state index contributed by atoms with van der Waals surface area (Å²) < 4.78 is 7.21. The zero-order valence-corrected chi connectivity index (χ0v) is 11.8. The van der Waals surface area contributed by atoms with Crippen molar-refractivity contribution >= 4 is 10.9 Å². The number of hydrogen-bond donors (Lipinski definition) is 1. The Morgan fingerprint density at radius 3 is 2.85 bits per heavy atom. The molecular weight excluding hydrogens is 252 g/mol. The lowest BCUT2D eigenvalue weighted by molar-refractivity contribution is 0.369. The summed E-state index contributed by atoms with van der Waals surface area (Å²) in [6, 6.07) is 10.3. The summed E-state index contributed by atoms with van der Waals surface area (Å²) in [7, 11) is 0. The maximum absolute atomic E-state index is 5.18. The first-order chi connectivity index (χ1) is 9.78. The molecule has 2 aromatic heterocycles. The fourth-order valence-electron chi connectivity index (χ4n) is 2.37. The van der Waals surface area contributed by atoms with Gasteiger partial charge in [0.15, 0.2) is 5.76 Å². The van der Waals surface area contributed by atoms with Gasteiger partial charge in [-0.2, -0.15) is 5.10 Å². The number of hydrogen-bond acceptors (Lipinski definition) is 4. The average Bonchev–Trinajstić information content (AvgIpc) is 3.03. The second-order valence-electron chi connectivity index (χ2n) is 4.82. The molecule has 0 radical (unpaired) electrons. The lowest BCUT2D eigenvalue weighted by Gasteiger charge is -1.99. The fraction of sp³-hybridized carbons (Fsp3) is 0.333. The molecule has 0 aliphatic heterocycles. The lowest BCUT2D eigenvalue weighted by Crippen LogP contribution is -2.13. The third-order valence-corrected chi connectivity index (χ3v) is 3.30. The molecule has 0 amide bonds. The second-order valence-corrected chi connectivity index (χ2v) is 4.82. The van der Waals surface area contributed by atoms with Crippen molar-refractivity contribution in [3.8, 4) is 0 Å². The minimum absolute atomic E-state index is 0.661. The quantitative estimate of drug-likeness (QED) is 0.774. The molecule has 3 rings (SSSR count). The van der Waals surface area contributed by atoms with Crippen molar-refractivity contribution < 1.29 is 4.52 Å². The number of fused-ring (bicyclic) bond motifs is 1. The first-order valence-corrected chi connectivity index (χ1v) is 6.85. The van der Waals surface area contributed by atoms with Gasteiger partial charge in [-0.1, -0.05) is 23.4 Å². The third-order valence-electron chi connectivity index (χ3n) is 3.30. The van der Waals surface area contributed by atoms with Crippen LogP contribution in [0.3, 0.4) is 0 Å². The number of aromatic nitrogens is 3. The summed E-state index contributed by atoms with van der Waals surface area (Å²) in [5.74, 6) is 0.849. The highest BCUT2D eigenvalue weighted by atomic mass is 16.5. The monoisotopic (exact) mass is 270 g/mol. The Kier molecular flexibility index (Phi) is 3.52. The minimum atomic E-state index is 0.661. The van der Waals surface area contributed by atoms with E-state index in [2.05, 4.69) is 34.6 Å². The van der Waals surface area contributed by atoms with Gasteiger partial charge in [-0.15, -0.1) is 0 Å². The first kappa shape index (κ1) is 12.9. The third kappa shape index (κ3) is 2.44. The van der Waals surface area contributed by atoms with E-state index in [0.717, 1.165) is 23.7 Å². The molecule has 1 N–H and O–H groups in total. The Morgan fingerprint density at radius 1 is 1.25 bits per heavy atom. The Labute approximate surface area is 117 Å². The lowest BCUT2D eigenvalue weighted by atomic mass is 10.2. The number of nitrogens with zero attached hydrogens (tertiary/aromatic N) is 3. The number of nitrogens with one attached hydrogen (secondary N) is 1. The summed E-state index contributed by atoms with van der Waals surface area (Å²) >= 11 is 0. The normalized spacial score (nSPS) is 11.3. The van der Waals surface area contributed by atoms with Crippen LogP contribution in [0, 0.1) is 6.92 Å².